The first-order valence-electron chi connectivity index (χ1n) is 6.68. The van der Waals surface area contributed by atoms with Gasteiger partial charge in [0.15, 0.2) is 17.3 Å². The molecule has 1 amide bonds. The van der Waals surface area contributed by atoms with Crippen molar-refractivity contribution in [2.75, 3.05) is 14.2 Å². The number of hydrogen-bond donors (Lipinski definition) is 0. The molecule has 0 N–H and O–H groups in total. The molecule has 0 aliphatic rings. The molecule has 0 unspecified atom stereocenters. The topological polar surface area (TPSA) is 73.4 Å². The molecule has 0 aliphatic heterocycles. The van der Waals surface area contributed by atoms with Crippen LogP contribution in [0, 0.1) is 0 Å². The summed E-state index contributed by atoms with van der Waals surface area (Å²) in [5.41, 5.74) is 0.850. The lowest BCUT2D eigenvalue weighted by Gasteiger charge is -2.11. The zero-order chi connectivity index (χ0) is 16.4. The Morgan fingerprint density at radius 1 is 1.39 bits per heavy atom. The number of amides is 1. The van der Waals surface area contributed by atoms with Crippen molar-refractivity contribution in [2.24, 2.45) is 0 Å². The summed E-state index contributed by atoms with van der Waals surface area (Å²) in [7, 11) is 2.93. The number of pyridine rings is 1. The zero-order valence-electron chi connectivity index (χ0n) is 12.4. The summed E-state index contributed by atoms with van der Waals surface area (Å²) in [5.74, 6) is 0.788. The summed E-state index contributed by atoms with van der Waals surface area (Å²) >= 11 is 3.34. The van der Waals surface area contributed by atoms with E-state index in [1.165, 1.54) is 14.2 Å². The highest BCUT2D eigenvalue weighted by atomic mass is 79.9. The fraction of sp³-hybridized carbons (Fsp3) is 0.133. The maximum atomic E-state index is 12.3. The molecular formula is C15H13BrN4O3. The van der Waals surface area contributed by atoms with Crippen molar-refractivity contribution in [2.45, 2.75) is 0 Å². The molecule has 0 saturated heterocycles. The van der Waals surface area contributed by atoms with E-state index < -0.39 is 0 Å². The molecule has 0 aliphatic carbocycles. The largest absolute Gasteiger partial charge is 0.463 e. The average Bonchev–Trinajstić information content (AvgIpc) is 3.23. The normalized spacial score (nSPS) is 10.7. The lowest BCUT2D eigenvalue weighted by Crippen LogP contribution is -2.25. The fourth-order valence-corrected chi connectivity index (χ4v) is 2.23. The summed E-state index contributed by atoms with van der Waals surface area (Å²) in [6.07, 6.45) is 3.22. The fourth-order valence-electron chi connectivity index (χ4n) is 2.00. The van der Waals surface area contributed by atoms with Crippen LogP contribution in [0.15, 0.2) is 51.7 Å². The molecule has 3 rings (SSSR count). The number of rotatable bonds is 4. The lowest BCUT2D eigenvalue weighted by atomic mass is 10.3. The number of halogens is 1. The summed E-state index contributed by atoms with van der Waals surface area (Å²) in [4.78, 5) is 21.5. The van der Waals surface area contributed by atoms with Gasteiger partial charge in [-0.05, 0) is 40.2 Å². The maximum Gasteiger partial charge on any atom is 0.297 e. The van der Waals surface area contributed by atoms with Crippen molar-refractivity contribution >= 4 is 21.8 Å². The zero-order valence-corrected chi connectivity index (χ0v) is 14.0. The van der Waals surface area contributed by atoms with Crippen LogP contribution in [0.25, 0.3) is 17.3 Å². The molecule has 0 spiro atoms. The third-order valence-electron chi connectivity index (χ3n) is 3.19. The van der Waals surface area contributed by atoms with Crippen LogP contribution in [0.2, 0.25) is 0 Å². The van der Waals surface area contributed by atoms with Gasteiger partial charge in [-0.2, -0.15) is 5.10 Å². The van der Waals surface area contributed by atoms with E-state index in [0.29, 0.717) is 17.3 Å². The second kappa shape index (κ2) is 6.35. The number of carbonyl (C=O) groups is 1. The minimum atomic E-state index is -0.365. The van der Waals surface area contributed by atoms with Crippen LogP contribution in [-0.4, -0.2) is 39.9 Å². The Morgan fingerprint density at radius 2 is 2.22 bits per heavy atom. The van der Waals surface area contributed by atoms with Crippen LogP contribution in [0.5, 0.6) is 0 Å². The van der Waals surface area contributed by atoms with Crippen LogP contribution in [0.3, 0.4) is 0 Å². The van der Waals surface area contributed by atoms with E-state index in [1.54, 1.807) is 41.4 Å². The predicted molar refractivity (Wildman–Crippen MR) is 85.9 cm³/mol. The van der Waals surface area contributed by atoms with Gasteiger partial charge in [0.25, 0.3) is 5.91 Å². The molecular weight excluding hydrogens is 364 g/mol. The second-order valence-electron chi connectivity index (χ2n) is 4.62. The van der Waals surface area contributed by atoms with Crippen molar-refractivity contribution in [3.63, 3.8) is 0 Å². The molecule has 118 valence electrons. The molecule has 0 atom stereocenters. The third-order valence-corrected chi connectivity index (χ3v) is 3.66. The minimum Gasteiger partial charge on any atom is -0.463 e. The van der Waals surface area contributed by atoms with E-state index >= 15 is 0 Å². The summed E-state index contributed by atoms with van der Waals surface area (Å²) < 4.78 is 7.84. The van der Waals surface area contributed by atoms with Gasteiger partial charge in [0.05, 0.1) is 13.4 Å². The van der Waals surface area contributed by atoms with E-state index in [1.807, 2.05) is 6.07 Å². The Bertz CT molecular complexity index is 812. The number of hydrogen-bond acceptors (Lipinski definition) is 5. The molecule has 0 saturated carbocycles. The minimum absolute atomic E-state index is 0.227. The molecule has 3 heterocycles. The van der Waals surface area contributed by atoms with Crippen molar-refractivity contribution < 1.29 is 14.0 Å². The van der Waals surface area contributed by atoms with Crippen LogP contribution in [0.1, 0.15) is 10.5 Å². The SMILES string of the molecule is CON(C)C(=O)c1cc(-c2ccco2)n(-c2ccc(Br)cn2)n1. The van der Waals surface area contributed by atoms with Crippen LogP contribution >= 0.6 is 15.9 Å². The van der Waals surface area contributed by atoms with E-state index in [4.69, 9.17) is 9.25 Å². The van der Waals surface area contributed by atoms with E-state index in [2.05, 4.69) is 26.0 Å². The molecule has 0 bridgehead atoms. The number of nitrogens with zero attached hydrogens (tertiary/aromatic N) is 4. The predicted octanol–water partition coefficient (Wildman–Crippen LogP) is 2.92. The highest BCUT2D eigenvalue weighted by molar-refractivity contribution is 9.10. The van der Waals surface area contributed by atoms with Crippen LogP contribution < -0.4 is 0 Å². The number of aromatic nitrogens is 3. The monoisotopic (exact) mass is 376 g/mol. The molecule has 3 aromatic rings. The number of furan rings is 1. The van der Waals surface area contributed by atoms with Gasteiger partial charge in [-0.3, -0.25) is 9.63 Å². The maximum absolute atomic E-state index is 12.3. The van der Waals surface area contributed by atoms with Gasteiger partial charge in [-0.1, -0.05) is 0 Å². The lowest BCUT2D eigenvalue weighted by molar-refractivity contribution is -0.0760. The van der Waals surface area contributed by atoms with E-state index in [-0.39, 0.29) is 11.6 Å². The molecule has 0 radical (unpaired) electrons. The standard InChI is InChI=1S/C15H13BrN4O3/c1-19(22-2)15(21)11-8-12(13-4-3-7-23-13)20(18-11)14-6-5-10(16)9-17-14/h3-9H,1-2H3. The molecule has 0 fully saturated rings. The number of hydroxylamine groups is 2. The van der Waals surface area contributed by atoms with Gasteiger partial charge < -0.3 is 4.42 Å². The molecule has 7 nitrogen and oxygen atoms in total. The Morgan fingerprint density at radius 3 is 2.83 bits per heavy atom. The van der Waals surface area contributed by atoms with Crippen LogP contribution in [-0.2, 0) is 4.84 Å². The average molecular weight is 377 g/mol. The van der Waals surface area contributed by atoms with E-state index in [9.17, 15) is 4.79 Å². The van der Waals surface area contributed by atoms with Gasteiger partial charge in [-0.15, -0.1) is 0 Å². The molecule has 3 aromatic heterocycles. The quantitative estimate of drug-likeness (QED) is 0.654. The molecule has 8 heteroatoms. The highest BCUT2D eigenvalue weighted by Crippen LogP contribution is 2.24. The van der Waals surface area contributed by atoms with Gasteiger partial charge in [0.1, 0.15) is 5.69 Å². The van der Waals surface area contributed by atoms with Gasteiger partial charge in [0, 0.05) is 23.8 Å². The summed E-state index contributed by atoms with van der Waals surface area (Å²) in [5, 5.41) is 5.45. The Hall–Kier alpha value is -2.45. The van der Waals surface area contributed by atoms with Crippen molar-refractivity contribution in [1.82, 2.24) is 19.8 Å². The Balaban J connectivity index is 2.11. The summed E-state index contributed by atoms with van der Waals surface area (Å²) in [6, 6.07) is 8.84. The van der Waals surface area contributed by atoms with Crippen molar-refractivity contribution in [1.29, 1.82) is 0 Å². The smallest absolute Gasteiger partial charge is 0.297 e. The Labute approximate surface area is 140 Å². The first kappa shape index (κ1) is 15.4. The second-order valence-corrected chi connectivity index (χ2v) is 5.54. The van der Waals surface area contributed by atoms with Gasteiger partial charge in [0.2, 0.25) is 0 Å². The Kier molecular flexibility index (Phi) is 4.26. The van der Waals surface area contributed by atoms with Crippen molar-refractivity contribution in [3.8, 4) is 17.3 Å². The van der Waals surface area contributed by atoms with Crippen molar-refractivity contribution in [3.05, 3.63) is 53.0 Å². The third kappa shape index (κ3) is 3.03. The van der Waals surface area contributed by atoms with E-state index in [0.717, 1.165) is 9.54 Å². The first-order chi connectivity index (χ1) is 11.1. The summed E-state index contributed by atoms with van der Waals surface area (Å²) in [6.45, 7) is 0. The van der Waals surface area contributed by atoms with Gasteiger partial charge in [-0.25, -0.2) is 14.7 Å². The molecule has 0 aromatic carbocycles. The highest BCUT2D eigenvalue weighted by Gasteiger charge is 2.21. The molecule has 23 heavy (non-hydrogen) atoms. The van der Waals surface area contributed by atoms with Crippen LogP contribution in [0.4, 0.5) is 0 Å². The van der Waals surface area contributed by atoms with Gasteiger partial charge >= 0.3 is 0 Å². The first-order valence-corrected chi connectivity index (χ1v) is 7.47. The number of carbonyl (C=O) groups excluding carboxylic acids is 1.